The van der Waals surface area contributed by atoms with Gasteiger partial charge in [0, 0.05) is 10.7 Å². The van der Waals surface area contributed by atoms with Gasteiger partial charge in [-0.15, -0.1) is 5.10 Å². The van der Waals surface area contributed by atoms with Crippen LogP contribution >= 0.6 is 15.9 Å². The number of pyridine rings is 1. The Morgan fingerprint density at radius 2 is 2.00 bits per heavy atom. The lowest BCUT2D eigenvalue weighted by Crippen LogP contribution is -2.12. The Hall–Kier alpha value is -2.08. The first-order valence-corrected chi connectivity index (χ1v) is 7.04. The van der Waals surface area contributed by atoms with Gasteiger partial charge in [0.05, 0.1) is 6.54 Å². The topological polar surface area (TPSA) is 51.5 Å². The molecule has 0 fully saturated rings. The minimum Gasteiger partial charge on any atom is -0.492 e. The van der Waals surface area contributed by atoms with Crippen molar-refractivity contribution in [2.24, 2.45) is 0 Å². The van der Waals surface area contributed by atoms with Crippen LogP contribution < -0.4 is 10.1 Å². The average Bonchev–Trinajstić information content (AvgIpc) is 2.86. The lowest BCUT2D eigenvalue weighted by Gasteiger charge is -2.05. The molecule has 0 atom stereocenters. The molecule has 0 saturated carbocycles. The van der Waals surface area contributed by atoms with Gasteiger partial charge in [-0.1, -0.05) is 18.2 Å². The number of ether oxygens (including phenoxy) is 1. The van der Waals surface area contributed by atoms with Crippen LogP contribution in [-0.2, 0) is 0 Å². The van der Waals surface area contributed by atoms with Gasteiger partial charge in [-0.2, -0.15) is 4.98 Å². The SMILES string of the molecule is Brc1ccc2nc(NCCOc3ccccc3)nn2c1. The zero-order chi connectivity index (χ0) is 13.8. The smallest absolute Gasteiger partial charge is 0.243 e. The molecule has 0 unspecified atom stereocenters. The number of fused-ring (bicyclic) bond motifs is 1. The standard InChI is InChI=1S/C14H13BrN4O/c15-11-6-7-13-17-14(18-19(13)10-11)16-8-9-20-12-4-2-1-3-5-12/h1-7,10H,8-9H2,(H,16,18). The van der Waals surface area contributed by atoms with Crippen LogP contribution in [0.1, 0.15) is 0 Å². The van der Waals surface area contributed by atoms with Crippen LogP contribution in [0.15, 0.2) is 53.1 Å². The van der Waals surface area contributed by atoms with E-state index in [9.17, 15) is 0 Å². The Balaban J connectivity index is 1.55. The lowest BCUT2D eigenvalue weighted by molar-refractivity contribution is 0.332. The third kappa shape index (κ3) is 3.08. The molecular formula is C14H13BrN4O. The molecule has 0 saturated heterocycles. The maximum Gasteiger partial charge on any atom is 0.243 e. The molecule has 0 aliphatic rings. The van der Waals surface area contributed by atoms with Gasteiger partial charge in [-0.05, 0) is 40.2 Å². The fourth-order valence-electron chi connectivity index (χ4n) is 1.78. The van der Waals surface area contributed by atoms with E-state index in [0.29, 0.717) is 19.1 Å². The van der Waals surface area contributed by atoms with Crippen molar-refractivity contribution < 1.29 is 4.74 Å². The third-order valence-electron chi connectivity index (χ3n) is 2.69. The zero-order valence-electron chi connectivity index (χ0n) is 10.7. The van der Waals surface area contributed by atoms with Crippen LogP contribution in [0.4, 0.5) is 5.95 Å². The first kappa shape index (κ1) is 12.9. The molecule has 0 bridgehead atoms. The van der Waals surface area contributed by atoms with Gasteiger partial charge in [-0.3, -0.25) is 0 Å². The number of anilines is 1. The van der Waals surface area contributed by atoms with E-state index in [0.717, 1.165) is 15.9 Å². The fraction of sp³-hybridized carbons (Fsp3) is 0.143. The van der Waals surface area contributed by atoms with Gasteiger partial charge in [-0.25, -0.2) is 4.52 Å². The summed E-state index contributed by atoms with van der Waals surface area (Å²) in [6.45, 7) is 1.20. The number of halogens is 1. The molecule has 1 aromatic carbocycles. The number of benzene rings is 1. The molecule has 3 rings (SSSR count). The second-order valence-electron chi connectivity index (χ2n) is 4.17. The average molecular weight is 333 g/mol. The van der Waals surface area contributed by atoms with Crippen molar-refractivity contribution in [1.29, 1.82) is 0 Å². The van der Waals surface area contributed by atoms with Crippen LogP contribution in [-0.4, -0.2) is 27.7 Å². The molecule has 2 aromatic heterocycles. The highest BCUT2D eigenvalue weighted by molar-refractivity contribution is 9.10. The van der Waals surface area contributed by atoms with Gasteiger partial charge in [0.25, 0.3) is 0 Å². The molecule has 0 aliphatic carbocycles. The Labute approximate surface area is 124 Å². The number of nitrogens with zero attached hydrogens (tertiary/aromatic N) is 3. The zero-order valence-corrected chi connectivity index (χ0v) is 12.2. The van der Waals surface area contributed by atoms with E-state index in [1.54, 1.807) is 4.52 Å². The van der Waals surface area contributed by atoms with Gasteiger partial charge < -0.3 is 10.1 Å². The highest BCUT2D eigenvalue weighted by Crippen LogP contribution is 2.12. The monoisotopic (exact) mass is 332 g/mol. The molecule has 1 N–H and O–H groups in total. The van der Waals surface area contributed by atoms with Crippen molar-refractivity contribution in [2.45, 2.75) is 0 Å². The number of para-hydroxylation sites is 1. The van der Waals surface area contributed by atoms with Gasteiger partial charge in [0.2, 0.25) is 5.95 Å². The summed E-state index contributed by atoms with van der Waals surface area (Å²) >= 11 is 3.40. The van der Waals surface area contributed by atoms with Crippen LogP contribution in [0, 0.1) is 0 Å². The molecule has 0 aliphatic heterocycles. The summed E-state index contributed by atoms with van der Waals surface area (Å²) in [6.07, 6.45) is 1.87. The Morgan fingerprint density at radius 3 is 2.85 bits per heavy atom. The Kier molecular flexibility index (Phi) is 3.83. The van der Waals surface area contributed by atoms with Crippen molar-refractivity contribution in [3.05, 3.63) is 53.1 Å². The van der Waals surface area contributed by atoms with Crippen molar-refractivity contribution in [1.82, 2.24) is 14.6 Å². The molecule has 20 heavy (non-hydrogen) atoms. The highest BCUT2D eigenvalue weighted by atomic mass is 79.9. The van der Waals surface area contributed by atoms with Crippen molar-refractivity contribution in [3.8, 4) is 5.75 Å². The first-order valence-electron chi connectivity index (χ1n) is 6.25. The van der Waals surface area contributed by atoms with Gasteiger partial charge in [0.15, 0.2) is 5.65 Å². The van der Waals surface area contributed by atoms with Crippen molar-refractivity contribution in [2.75, 3.05) is 18.5 Å². The minimum atomic E-state index is 0.559. The molecular weight excluding hydrogens is 320 g/mol. The molecule has 6 heteroatoms. The molecule has 0 radical (unpaired) electrons. The van der Waals surface area contributed by atoms with Crippen molar-refractivity contribution in [3.63, 3.8) is 0 Å². The molecule has 2 heterocycles. The summed E-state index contributed by atoms with van der Waals surface area (Å²) < 4.78 is 8.28. The maximum atomic E-state index is 5.59. The van der Waals surface area contributed by atoms with E-state index in [1.165, 1.54) is 0 Å². The minimum absolute atomic E-state index is 0.559. The number of rotatable bonds is 5. The van der Waals surface area contributed by atoms with E-state index < -0.39 is 0 Å². The van der Waals surface area contributed by atoms with E-state index in [1.807, 2.05) is 48.7 Å². The van der Waals surface area contributed by atoms with Crippen LogP contribution in [0.5, 0.6) is 5.75 Å². The van der Waals surface area contributed by atoms with Crippen LogP contribution in [0.3, 0.4) is 0 Å². The largest absolute Gasteiger partial charge is 0.492 e. The van der Waals surface area contributed by atoms with E-state index >= 15 is 0 Å². The normalized spacial score (nSPS) is 10.7. The van der Waals surface area contributed by atoms with Crippen molar-refractivity contribution >= 4 is 27.5 Å². The maximum absolute atomic E-state index is 5.59. The third-order valence-corrected chi connectivity index (χ3v) is 3.16. The van der Waals surface area contributed by atoms with Gasteiger partial charge in [0.1, 0.15) is 12.4 Å². The summed E-state index contributed by atoms with van der Waals surface area (Å²) in [6, 6.07) is 13.6. The molecule has 102 valence electrons. The number of nitrogens with one attached hydrogen (secondary N) is 1. The van der Waals surface area contributed by atoms with Crippen LogP contribution in [0.2, 0.25) is 0 Å². The van der Waals surface area contributed by atoms with E-state index in [2.05, 4.69) is 31.3 Å². The number of aromatic nitrogens is 3. The van der Waals surface area contributed by atoms with E-state index in [-0.39, 0.29) is 0 Å². The summed E-state index contributed by atoms with van der Waals surface area (Å²) in [5.74, 6) is 1.46. The summed E-state index contributed by atoms with van der Waals surface area (Å²) in [4.78, 5) is 4.36. The number of hydrogen-bond donors (Lipinski definition) is 1. The molecule has 3 aromatic rings. The second-order valence-corrected chi connectivity index (χ2v) is 5.09. The van der Waals surface area contributed by atoms with E-state index in [4.69, 9.17) is 4.74 Å². The highest BCUT2D eigenvalue weighted by Gasteiger charge is 2.02. The lowest BCUT2D eigenvalue weighted by atomic mass is 10.3. The predicted octanol–water partition coefficient (Wildman–Crippen LogP) is 2.98. The summed E-state index contributed by atoms with van der Waals surface area (Å²) in [5.41, 5.74) is 0.805. The molecule has 0 amide bonds. The second kappa shape index (κ2) is 5.92. The first-order chi connectivity index (χ1) is 9.81. The predicted molar refractivity (Wildman–Crippen MR) is 81.1 cm³/mol. The molecule has 5 nitrogen and oxygen atoms in total. The molecule has 0 spiro atoms. The van der Waals surface area contributed by atoms with Crippen LogP contribution in [0.25, 0.3) is 5.65 Å². The Morgan fingerprint density at radius 1 is 1.15 bits per heavy atom. The fourth-order valence-corrected chi connectivity index (χ4v) is 2.11. The summed E-state index contributed by atoms with van der Waals surface area (Å²) in [5, 5.41) is 7.47. The quantitative estimate of drug-likeness (QED) is 0.730. The summed E-state index contributed by atoms with van der Waals surface area (Å²) in [7, 11) is 0. The number of hydrogen-bond acceptors (Lipinski definition) is 4. The Bertz CT molecular complexity index is 699. The van der Waals surface area contributed by atoms with Gasteiger partial charge >= 0.3 is 0 Å².